The first-order chi connectivity index (χ1) is 13.5. The van der Waals surface area contributed by atoms with Crippen LogP contribution >= 0.6 is 22.7 Å². The van der Waals surface area contributed by atoms with Crippen LogP contribution in [0.15, 0.2) is 12.4 Å². The summed E-state index contributed by atoms with van der Waals surface area (Å²) in [6.07, 6.45) is -1.29. The van der Waals surface area contributed by atoms with E-state index in [9.17, 15) is 13.2 Å². The number of hydrogen-bond donors (Lipinski definition) is 0. The predicted octanol–water partition coefficient (Wildman–Crippen LogP) is 3.85. The molecule has 2 aliphatic rings. The van der Waals surface area contributed by atoms with E-state index in [-0.39, 0.29) is 4.88 Å². The van der Waals surface area contributed by atoms with Crippen LogP contribution in [0.3, 0.4) is 0 Å². The maximum Gasteiger partial charge on any atom is 0.393 e. The second-order valence-electron chi connectivity index (χ2n) is 7.09. The topological polar surface area (TPSA) is 58.0 Å². The van der Waals surface area contributed by atoms with Gasteiger partial charge in [-0.15, -0.1) is 21.5 Å². The van der Waals surface area contributed by atoms with Crippen LogP contribution < -0.4 is 9.80 Å². The van der Waals surface area contributed by atoms with Crippen LogP contribution in [0.25, 0.3) is 10.2 Å². The summed E-state index contributed by atoms with van der Waals surface area (Å²) in [5.74, 6) is 1.32. The number of hydrogen-bond acceptors (Lipinski definition) is 8. The van der Waals surface area contributed by atoms with Gasteiger partial charge in [0.15, 0.2) is 0 Å². The number of rotatable bonds is 4. The van der Waals surface area contributed by atoms with Gasteiger partial charge in [0.2, 0.25) is 5.13 Å². The molecule has 11 heteroatoms. The van der Waals surface area contributed by atoms with Gasteiger partial charge in [-0.25, -0.2) is 9.97 Å². The third-order valence-corrected chi connectivity index (χ3v) is 7.13. The van der Waals surface area contributed by atoms with E-state index in [0.717, 1.165) is 47.7 Å². The Morgan fingerprint density at radius 1 is 1.00 bits per heavy atom. The molecule has 28 heavy (non-hydrogen) atoms. The van der Waals surface area contributed by atoms with Crippen molar-refractivity contribution >= 4 is 43.8 Å². The van der Waals surface area contributed by atoms with Crippen molar-refractivity contribution in [2.45, 2.75) is 31.4 Å². The fourth-order valence-electron chi connectivity index (χ4n) is 3.39. The van der Waals surface area contributed by atoms with Crippen LogP contribution in [-0.2, 0) is 6.42 Å². The van der Waals surface area contributed by atoms with Crippen molar-refractivity contribution < 1.29 is 13.2 Å². The second kappa shape index (κ2) is 6.80. The molecule has 1 aliphatic heterocycles. The van der Waals surface area contributed by atoms with Gasteiger partial charge in [0.05, 0.1) is 11.8 Å². The summed E-state index contributed by atoms with van der Waals surface area (Å²) in [5, 5.41) is 11.4. The minimum Gasteiger partial charge on any atom is -0.352 e. The van der Waals surface area contributed by atoms with E-state index in [1.165, 1.54) is 19.2 Å². The standard InChI is InChI=1S/C17H17F3N6S2/c18-17(19,20)8-11-7-12-13(21-9-22-15(12)27-11)25-3-5-26(6-4-25)16-24-23-14(28-16)10-1-2-10/h7,9-10H,1-6,8H2. The lowest BCUT2D eigenvalue weighted by Gasteiger charge is -2.35. The lowest BCUT2D eigenvalue weighted by atomic mass is 10.2. The summed E-state index contributed by atoms with van der Waals surface area (Å²) < 4.78 is 38.2. The Labute approximate surface area is 167 Å². The Morgan fingerprint density at radius 3 is 2.46 bits per heavy atom. The molecule has 0 radical (unpaired) electrons. The number of thiophene rings is 1. The molecule has 0 unspecified atom stereocenters. The largest absolute Gasteiger partial charge is 0.393 e. The molecule has 1 aliphatic carbocycles. The zero-order valence-electron chi connectivity index (χ0n) is 14.8. The van der Waals surface area contributed by atoms with Crippen molar-refractivity contribution in [2.24, 2.45) is 0 Å². The molecule has 6 nitrogen and oxygen atoms in total. The Bertz CT molecular complexity index is 988. The first kappa shape index (κ1) is 18.0. The van der Waals surface area contributed by atoms with Crippen molar-refractivity contribution in [3.05, 3.63) is 22.3 Å². The van der Waals surface area contributed by atoms with Crippen LogP contribution in [-0.4, -0.2) is 52.5 Å². The van der Waals surface area contributed by atoms with Crippen LogP contribution in [0.4, 0.5) is 24.1 Å². The molecule has 0 amide bonds. The van der Waals surface area contributed by atoms with Gasteiger partial charge >= 0.3 is 6.18 Å². The fraction of sp³-hybridized carbons (Fsp3) is 0.529. The summed E-state index contributed by atoms with van der Waals surface area (Å²) in [6.45, 7) is 3.03. The van der Waals surface area contributed by atoms with E-state index >= 15 is 0 Å². The number of piperazine rings is 1. The average molecular weight is 426 g/mol. The quantitative estimate of drug-likeness (QED) is 0.632. The zero-order valence-corrected chi connectivity index (χ0v) is 16.4. The lowest BCUT2D eigenvalue weighted by Crippen LogP contribution is -2.46. The summed E-state index contributed by atoms with van der Waals surface area (Å²) in [6, 6.07) is 1.59. The molecule has 0 aromatic carbocycles. The van der Waals surface area contributed by atoms with E-state index in [4.69, 9.17) is 0 Å². The number of alkyl halides is 3. The van der Waals surface area contributed by atoms with Crippen LogP contribution in [0.5, 0.6) is 0 Å². The third-order valence-electron chi connectivity index (χ3n) is 4.94. The SMILES string of the molecule is FC(F)(F)Cc1cc2c(N3CCN(c4nnc(C5CC5)s4)CC3)ncnc2s1. The molecule has 0 spiro atoms. The van der Waals surface area contributed by atoms with Crippen molar-refractivity contribution in [3.63, 3.8) is 0 Å². The van der Waals surface area contributed by atoms with Crippen molar-refractivity contribution in [2.75, 3.05) is 36.0 Å². The predicted molar refractivity (Wildman–Crippen MR) is 103 cm³/mol. The van der Waals surface area contributed by atoms with Crippen LogP contribution in [0, 0.1) is 0 Å². The molecule has 0 N–H and O–H groups in total. The molecule has 0 atom stereocenters. The molecule has 3 aromatic heterocycles. The first-order valence-corrected chi connectivity index (χ1v) is 10.7. The van der Waals surface area contributed by atoms with Crippen LogP contribution in [0.2, 0.25) is 0 Å². The summed E-state index contributed by atoms with van der Waals surface area (Å²) >= 11 is 2.76. The van der Waals surface area contributed by atoms with Gasteiger partial charge in [-0.3, -0.25) is 0 Å². The highest BCUT2D eigenvalue weighted by Gasteiger charge is 2.31. The molecule has 4 heterocycles. The molecule has 5 rings (SSSR count). The summed E-state index contributed by atoms with van der Waals surface area (Å²) in [4.78, 5) is 13.7. The highest BCUT2D eigenvalue weighted by Crippen LogP contribution is 2.42. The molecule has 2 fully saturated rings. The number of halogens is 3. The smallest absolute Gasteiger partial charge is 0.352 e. The first-order valence-electron chi connectivity index (χ1n) is 9.10. The second-order valence-corrected chi connectivity index (χ2v) is 9.19. The van der Waals surface area contributed by atoms with E-state index in [1.807, 2.05) is 0 Å². The van der Waals surface area contributed by atoms with E-state index < -0.39 is 12.6 Å². The Morgan fingerprint density at radius 2 is 1.75 bits per heavy atom. The highest BCUT2D eigenvalue weighted by atomic mass is 32.1. The Hall–Kier alpha value is -2.01. The molecule has 148 valence electrons. The van der Waals surface area contributed by atoms with Gasteiger partial charge in [0.1, 0.15) is 22.0 Å². The monoisotopic (exact) mass is 426 g/mol. The van der Waals surface area contributed by atoms with E-state index in [1.54, 1.807) is 17.4 Å². The van der Waals surface area contributed by atoms with E-state index in [0.29, 0.717) is 22.0 Å². The third kappa shape index (κ3) is 3.64. The number of anilines is 2. The molecule has 3 aromatic rings. The van der Waals surface area contributed by atoms with E-state index in [2.05, 4.69) is 30.0 Å². The molecule has 0 bridgehead atoms. The van der Waals surface area contributed by atoms with Gasteiger partial charge < -0.3 is 9.80 Å². The molecular formula is C17H17F3N6S2. The maximum atomic E-state index is 12.7. The number of fused-ring (bicyclic) bond motifs is 1. The Balaban J connectivity index is 1.32. The summed E-state index contributed by atoms with van der Waals surface area (Å²) in [7, 11) is 0. The average Bonchev–Trinajstić information content (AvgIpc) is 3.24. The van der Waals surface area contributed by atoms with Gasteiger partial charge in [-0.05, 0) is 18.9 Å². The van der Waals surface area contributed by atoms with Gasteiger partial charge in [-0.1, -0.05) is 11.3 Å². The normalized spacial score (nSPS) is 18.2. The Kier molecular flexibility index (Phi) is 4.38. The zero-order chi connectivity index (χ0) is 19.3. The van der Waals surface area contributed by atoms with Gasteiger partial charge in [0, 0.05) is 37.0 Å². The fourth-order valence-corrected chi connectivity index (χ4v) is 5.47. The minimum absolute atomic E-state index is 0.268. The highest BCUT2D eigenvalue weighted by molar-refractivity contribution is 7.18. The summed E-state index contributed by atoms with van der Waals surface area (Å²) in [5.41, 5.74) is 0. The van der Waals surface area contributed by atoms with Crippen molar-refractivity contribution in [3.8, 4) is 0 Å². The number of nitrogens with zero attached hydrogens (tertiary/aromatic N) is 6. The minimum atomic E-state index is -4.22. The van der Waals surface area contributed by atoms with Gasteiger partial charge in [0.25, 0.3) is 0 Å². The molecular weight excluding hydrogens is 409 g/mol. The maximum absolute atomic E-state index is 12.7. The molecule has 1 saturated heterocycles. The van der Waals surface area contributed by atoms with Crippen molar-refractivity contribution in [1.82, 2.24) is 20.2 Å². The molecule has 1 saturated carbocycles. The van der Waals surface area contributed by atoms with Crippen LogP contribution in [0.1, 0.15) is 28.6 Å². The number of aromatic nitrogens is 4. The van der Waals surface area contributed by atoms with Crippen molar-refractivity contribution in [1.29, 1.82) is 0 Å². The van der Waals surface area contributed by atoms with Gasteiger partial charge in [-0.2, -0.15) is 13.2 Å². The lowest BCUT2D eigenvalue weighted by molar-refractivity contribution is -0.126.